The van der Waals surface area contributed by atoms with Crippen LogP contribution in [0, 0.1) is 0 Å². The number of hydrogen-bond donors (Lipinski definition) is 0. The molecule has 0 radical (unpaired) electrons. The minimum Gasteiger partial charge on any atom is -0.371 e. The molecule has 1 atom stereocenters. The van der Waals surface area contributed by atoms with Gasteiger partial charge in [-0.15, -0.1) is 0 Å². The molecule has 0 N–H and O–H groups in total. The molecule has 0 unspecified atom stereocenters. The zero-order valence-corrected chi connectivity index (χ0v) is 7.53. The molecule has 0 bridgehead atoms. The van der Waals surface area contributed by atoms with Crippen LogP contribution in [0.4, 0.5) is 0 Å². The van der Waals surface area contributed by atoms with Crippen molar-refractivity contribution in [2.24, 2.45) is 0 Å². The van der Waals surface area contributed by atoms with Crippen LogP contribution >= 0.6 is 0 Å². The number of imidazole rings is 1. The quantitative estimate of drug-likeness (QED) is 0.635. The van der Waals surface area contributed by atoms with E-state index in [9.17, 15) is 0 Å². The Hall–Kier alpha value is -0.830. The zero-order valence-electron chi connectivity index (χ0n) is 7.53. The standard InChI is InChI=1S/C9H14N2O/c1-7(2)9-4-11(6-10-9)3-8-5-12-8/h4,6-8H,3,5H2,1-2H3/t8-/m0/s1. The van der Waals surface area contributed by atoms with E-state index in [1.165, 1.54) is 0 Å². The van der Waals surface area contributed by atoms with Gasteiger partial charge in [0.15, 0.2) is 0 Å². The fraction of sp³-hybridized carbons (Fsp3) is 0.667. The van der Waals surface area contributed by atoms with Gasteiger partial charge in [-0.25, -0.2) is 4.98 Å². The maximum absolute atomic E-state index is 5.13. The van der Waals surface area contributed by atoms with Gasteiger partial charge in [-0.3, -0.25) is 0 Å². The topological polar surface area (TPSA) is 30.4 Å². The van der Waals surface area contributed by atoms with Gasteiger partial charge in [-0.1, -0.05) is 13.8 Å². The van der Waals surface area contributed by atoms with Crippen molar-refractivity contribution >= 4 is 0 Å². The highest BCUT2D eigenvalue weighted by molar-refractivity contribution is 5.02. The van der Waals surface area contributed by atoms with E-state index in [1.807, 2.05) is 6.33 Å². The van der Waals surface area contributed by atoms with Crippen molar-refractivity contribution in [1.29, 1.82) is 0 Å². The molecule has 3 nitrogen and oxygen atoms in total. The molecule has 1 saturated heterocycles. The monoisotopic (exact) mass is 166 g/mol. The molecular formula is C9H14N2O. The lowest BCUT2D eigenvalue weighted by Crippen LogP contribution is -2.00. The Morgan fingerprint density at radius 1 is 1.75 bits per heavy atom. The largest absolute Gasteiger partial charge is 0.371 e. The molecule has 66 valence electrons. The third-order valence-corrected chi connectivity index (χ3v) is 2.06. The van der Waals surface area contributed by atoms with Crippen molar-refractivity contribution in [1.82, 2.24) is 9.55 Å². The van der Waals surface area contributed by atoms with E-state index in [2.05, 4.69) is 29.6 Å². The minimum atomic E-state index is 0.444. The van der Waals surface area contributed by atoms with Crippen molar-refractivity contribution in [3.05, 3.63) is 18.2 Å². The summed E-state index contributed by atoms with van der Waals surface area (Å²) in [5.74, 6) is 0.520. The van der Waals surface area contributed by atoms with E-state index in [0.717, 1.165) is 18.8 Å². The summed E-state index contributed by atoms with van der Waals surface area (Å²) in [6, 6.07) is 0. The maximum atomic E-state index is 5.13. The third kappa shape index (κ3) is 1.67. The van der Waals surface area contributed by atoms with Gasteiger partial charge in [-0.05, 0) is 5.92 Å². The smallest absolute Gasteiger partial charge is 0.0988 e. The van der Waals surface area contributed by atoms with E-state index in [4.69, 9.17) is 4.74 Å². The van der Waals surface area contributed by atoms with E-state index in [-0.39, 0.29) is 0 Å². The Balaban J connectivity index is 2.02. The molecule has 3 heteroatoms. The van der Waals surface area contributed by atoms with Crippen molar-refractivity contribution < 1.29 is 4.74 Å². The summed E-state index contributed by atoms with van der Waals surface area (Å²) in [6.45, 7) is 6.18. The summed E-state index contributed by atoms with van der Waals surface area (Å²) in [5.41, 5.74) is 1.16. The Kier molecular flexibility index (Phi) is 1.89. The third-order valence-electron chi connectivity index (χ3n) is 2.06. The summed E-state index contributed by atoms with van der Waals surface area (Å²) < 4.78 is 7.24. The van der Waals surface area contributed by atoms with Gasteiger partial charge in [0.2, 0.25) is 0 Å². The highest BCUT2D eigenvalue weighted by Gasteiger charge is 2.22. The van der Waals surface area contributed by atoms with Crippen molar-refractivity contribution in [3.8, 4) is 0 Å². The fourth-order valence-electron chi connectivity index (χ4n) is 1.18. The van der Waals surface area contributed by atoms with Crippen molar-refractivity contribution in [2.75, 3.05) is 6.61 Å². The first-order valence-corrected chi connectivity index (χ1v) is 4.39. The summed E-state index contributed by atoms with van der Waals surface area (Å²) >= 11 is 0. The molecule has 12 heavy (non-hydrogen) atoms. The molecule has 0 aromatic carbocycles. The van der Waals surface area contributed by atoms with Crippen LogP contribution in [0.3, 0.4) is 0 Å². The van der Waals surface area contributed by atoms with E-state index in [1.54, 1.807) is 0 Å². The lowest BCUT2D eigenvalue weighted by molar-refractivity contribution is 0.382. The van der Waals surface area contributed by atoms with E-state index in [0.29, 0.717) is 12.0 Å². The lowest BCUT2D eigenvalue weighted by Gasteiger charge is -1.97. The average Bonchev–Trinajstić information content (AvgIpc) is 2.66. The second kappa shape index (κ2) is 2.90. The number of hydrogen-bond acceptors (Lipinski definition) is 2. The summed E-state index contributed by atoms with van der Waals surface area (Å²) in [4.78, 5) is 4.30. The molecule has 1 aliphatic rings. The molecule has 0 spiro atoms. The van der Waals surface area contributed by atoms with Crippen molar-refractivity contribution in [3.63, 3.8) is 0 Å². The number of rotatable bonds is 3. The van der Waals surface area contributed by atoms with Crippen LogP contribution in [0.15, 0.2) is 12.5 Å². The Bertz CT molecular complexity index is 263. The Labute approximate surface area is 72.4 Å². The van der Waals surface area contributed by atoms with Gasteiger partial charge >= 0.3 is 0 Å². The van der Waals surface area contributed by atoms with Crippen LogP contribution in [-0.4, -0.2) is 22.3 Å². The van der Waals surface area contributed by atoms with Crippen molar-refractivity contribution in [2.45, 2.75) is 32.4 Å². The molecule has 0 saturated carbocycles. The van der Waals surface area contributed by atoms with Gasteiger partial charge in [0.1, 0.15) is 0 Å². The predicted molar refractivity (Wildman–Crippen MR) is 46.1 cm³/mol. The first-order chi connectivity index (χ1) is 5.75. The number of nitrogens with zero attached hydrogens (tertiary/aromatic N) is 2. The van der Waals surface area contributed by atoms with Gasteiger partial charge in [0, 0.05) is 6.20 Å². The average molecular weight is 166 g/mol. The van der Waals surface area contributed by atoms with Crippen LogP contribution in [0.5, 0.6) is 0 Å². The zero-order chi connectivity index (χ0) is 8.55. The van der Waals surface area contributed by atoms with Gasteiger partial charge in [-0.2, -0.15) is 0 Å². The summed E-state index contributed by atoms with van der Waals surface area (Å²) in [7, 11) is 0. The number of ether oxygens (including phenoxy) is 1. The second-order valence-corrected chi connectivity index (χ2v) is 3.61. The fourth-order valence-corrected chi connectivity index (χ4v) is 1.18. The molecule has 1 aromatic heterocycles. The van der Waals surface area contributed by atoms with Crippen LogP contribution in [0.1, 0.15) is 25.5 Å². The molecule has 2 heterocycles. The van der Waals surface area contributed by atoms with Gasteiger partial charge < -0.3 is 9.30 Å². The molecule has 2 rings (SSSR count). The van der Waals surface area contributed by atoms with Gasteiger partial charge in [0.25, 0.3) is 0 Å². The molecule has 1 aliphatic heterocycles. The summed E-state index contributed by atoms with van der Waals surface area (Å²) in [6.07, 6.45) is 4.43. The van der Waals surface area contributed by atoms with Gasteiger partial charge in [0.05, 0.1) is 31.3 Å². The maximum Gasteiger partial charge on any atom is 0.0988 e. The molecule has 1 aromatic rings. The van der Waals surface area contributed by atoms with Crippen LogP contribution in [-0.2, 0) is 11.3 Å². The normalized spacial score (nSPS) is 21.8. The van der Waals surface area contributed by atoms with Crippen LogP contribution < -0.4 is 0 Å². The van der Waals surface area contributed by atoms with Crippen LogP contribution in [0.25, 0.3) is 0 Å². The van der Waals surface area contributed by atoms with Crippen LogP contribution in [0.2, 0.25) is 0 Å². The molecule has 0 amide bonds. The Morgan fingerprint density at radius 3 is 3.00 bits per heavy atom. The highest BCUT2D eigenvalue weighted by Crippen LogP contribution is 2.14. The predicted octanol–water partition coefficient (Wildman–Crippen LogP) is 1.41. The molecular weight excluding hydrogens is 152 g/mol. The number of aromatic nitrogens is 2. The first-order valence-electron chi connectivity index (χ1n) is 4.39. The van der Waals surface area contributed by atoms with E-state index < -0.39 is 0 Å². The highest BCUT2D eigenvalue weighted by atomic mass is 16.6. The molecule has 1 fully saturated rings. The SMILES string of the molecule is CC(C)c1cn(C[C@H]2CO2)cn1. The first kappa shape index (κ1) is 7.80. The summed E-state index contributed by atoms with van der Waals surface area (Å²) in [5, 5.41) is 0. The number of epoxide rings is 1. The Morgan fingerprint density at radius 2 is 2.50 bits per heavy atom. The molecule has 0 aliphatic carbocycles. The second-order valence-electron chi connectivity index (χ2n) is 3.61. The lowest BCUT2D eigenvalue weighted by atomic mass is 10.2. The minimum absolute atomic E-state index is 0.444. The van der Waals surface area contributed by atoms with E-state index >= 15 is 0 Å².